The molecule has 160 valence electrons. The van der Waals surface area contributed by atoms with Gasteiger partial charge in [-0.15, -0.1) is 0 Å². The molecule has 1 amide bonds. The van der Waals surface area contributed by atoms with E-state index in [2.05, 4.69) is 22.1 Å². The highest BCUT2D eigenvalue weighted by atomic mass is 16.5. The number of rotatable bonds is 7. The van der Waals surface area contributed by atoms with Crippen LogP contribution in [0.15, 0.2) is 36.4 Å². The molecule has 0 spiro atoms. The zero-order valence-corrected chi connectivity index (χ0v) is 17.8. The normalized spacial score (nSPS) is 18.8. The molecule has 7 heteroatoms. The summed E-state index contributed by atoms with van der Waals surface area (Å²) in [7, 11) is 0. The highest BCUT2D eigenvalue weighted by Crippen LogP contribution is 2.37. The minimum Gasteiger partial charge on any atom is -0.466 e. The van der Waals surface area contributed by atoms with Crippen molar-refractivity contribution in [2.75, 3.05) is 25.4 Å². The number of ether oxygens (including phenoxy) is 1. The Hall–Kier alpha value is -2.96. The van der Waals surface area contributed by atoms with Crippen molar-refractivity contribution in [3.05, 3.63) is 53.3 Å². The highest BCUT2D eigenvalue weighted by Gasteiger charge is 2.44. The van der Waals surface area contributed by atoms with Gasteiger partial charge in [-0.3, -0.25) is 9.59 Å². The van der Waals surface area contributed by atoms with E-state index in [4.69, 9.17) is 10.5 Å². The Morgan fingerprint density at radius 3 is 2.70 bits per heavy atom. The summed E-state index contributed by atoms with van der Waals surface area (Å²) in [5.74, 6) is -0.354. The number of amides is 1. The molecular formula is C23H30N4O3. The monoisotopic (exact) mass is 410 g/mol. The van der Waals surface area contributed by atoms with Gasteiger partial charge < -0.3 is 15.4 Å². The van der Waals surface area contributed by atoms with Crippen LogP contribution in [0.4, 0.5) is 5.95 Å². The average Bonchev–Trinajstić information content (AvgIpc) is 2.73. The largest absolute Gasteiger partial charge is 0.466 e. The number of esters is 1. The van der Waals surface area contributed by atoms with Gasteiger partial charge in [0.15, 0.2) is 0 Å². The van der Waals surface area contributed by atoms with Crippen molar-refractivity contribution in [1.82, 2.24) is 14.9 Å². The highest BCUT2D eigenvalue weighted by molar-refractivity contribution is 5.93. The molecule has 1 saturated heterocycles. The van der Waals surface area contributed by atoms with Gasteiger partial charge in [0.25, 0.3) is 5.91 Å². The summed E-state index contributed by atoms with van der Waals surface area (Å²) in [6.45, 7) is 4.84. The second-order valence-electron chi connectivity index (χ2n) is 7.92. The van der Waals surface area contributed by atoms with Crippen LogP contribution in [0, 0.1) is 12.3 Å². The number of hydrogen-bond acceptors (Lipinski definition) is 6. The van der Waals surface area contributed by atoms with E-state index in [1.165, 1.54) is 5.56 Å². The number of nitrogens with two attached hydrogens (primary N) is 1. The molecule has 2 aromatic rings. The average molecular weight is 411 g/mol. The molecule has 7 nitrogen and oxygen atoms in total. The Morgan fingerprint density at radius 2 is 2.00 bits per heavy atom. The van der Waals surface area contributed by atoms with Gasteiger partial charge >= 0.3 is 5.97 Å². The van der Waals surface area contributed by atoms with E-state index in [-0.39, 0.29) is 23.5 Å². The summed E-state index contributed by atoms with van der Waals surface area (Å²) >= 11 is 0. The second kappa shape index (κ2) is 9.69. The topological polar surface area (TPSA) is 98.4 Å². The fourth-order valence-corrected chi connectivity index (χ4v) is 4.20. The Balaban J connectivity index is 1.76. The lowest BCUT2D eigenvalue weighted by Crippen LogP contribution is -2.50. The van der Waals surface area contributed by atoms with Crippen LogP contribution in [0.1, 0.15) is 54.4 Å². The molecule has 2 N–H and O–H groups in total. The van der Waals surface area contributed by atoms with Gasteiger partial charge in [0.05, 0.1) is 12.0 Å². The van der Waals surface area contributed by atoms with E-state index in [0.717, 1.165) is 25.7 Å². The molecule has 3 rings (SSSR count). The SMILES string of the molecule is CCOC(=O)[C@@]1(CCCc2ccccc2)CCCN(C(=O)c2cc(C)nc(N)n2)C1. The number of aromatic nitrogens is 2. The Bertz CT molecular complexity index is 867. The van der Waals surface area contributed by atoms with Crippen LogP contribution >= 0.6 is 0 Å². The third-order valence-corrected chi connectivity index (χ3v) is 5.63. The summed E-state index contributed by atoms with van der Waals surface area (Å²) in [5.41, 5.74) is 7.18. The van der Waals surface area contributed by atoms with Crippen LogP contribution in [0.5, 0.6) is 0 Å². The quantitative estimate of drug-likeness (QED) is 0.704. The molecule has 0 saturated carbocycles. The smallest absolute Gasteiger partial charge is 0.313 e. The summed E-state index contributed by atoms with van der Waals surface area (Å²) in [5, 5.41) is 0. The third kappa shape index (κ3) is 5.14. The first-order chi connectivity index (χ1) is 14.4. The third-order valence-electron chi connectivity index (χ3n) is 5.63. The lowest BCUT2D eigenvalue weighted by Gasteiger charge is -2.41. The molecule has 2 heterocycles. The summed E-state index contributed by atoms with van der Waals surface area (Å²) < 4.78 is 5.44. The molecule has 1 fully saturated rings. The molecule has 1 aromatic carbocycles. The molecule has 0 unspecified atom stereocenters. The van der Waals surface area contributed by atoms with E-state index >= 15 is 0 Å². The summed E-state index contributed by atoms with van der Waals surface area (Å²) in [6.07, 6.45) is 3.88. The van der Waals surface area contributed by atoms with Gasteiger partial charge in [-0.05, 0) is 57.6 Å². The number of piperidine rings is 1. The number of hydrogen-bond donors (Lipinski definition) is 1. The number of benzene rings is 1. The van der Waals surface area contributed by atoms with Crippen molar-refractivity contribution in [3.63, 3.8) is 0 Å². The van der Waals surface area contributed by atoms with Crippen molar-refractivity contribution in [2.45, 2.75) is 46.0 Å². The summed E-state index contributed by atoms with van der Waals surface area (Å²) in [4.78, 5) is 35.9. The van der Waals surface area contributed by atoms with Crippen molar-refractivity contribution >= 4 is 17.8 Å². The Labute approximate surface area is 177 Å². The molecular weight excluding hydrogens is 380 g/mol. The minimum atomic E-state index is -0.688. The van der Waals surface area contributed by atoms with Gasteiger partial charge in [-0.1, -0.05) is 30.3 Å². The van der Waals surface area contributed by atoms with Crippen LogP contribution < -0.4 is 5.73 Å². The molecule has 1 aliphatic rings. The van der Waals surface area contributed by atoms with E-state index in [9.17, 15) is 9.59 Å². The number of carbonyl (C=O) groups excluding carboxylic acids is 2. The fraction of sp³-hybridized carbons (Fsp3) is 0.478. The molecule has 0 aliphatic carbocycles. The van der Waals surface area contributed by atoms with Crippen LogP contribution in [0.3, 0.4) is 0 Å². The Morgan fingerprint density at radius 1 is 1.23 bits per heavy atom. The zero-order valence-electron chi connectivity index (χ0n) is 17.8. The summed E-state index contributed by atoms with van der Waals surface area (Å²) in [6, 6.07) is 11.9. The van der Waals surface area contributed by atoms with E-state index in [1.54, 1.807) is 17.9 Å². The molecule has 0 bridgehead atoms. The van der Waals surface area contributed by atoms with Crippen molar-refractivity contribution in [1.29, 1.82) is 0 Å². The molecule has 30 heavy (non-hydrogen) atoms. The predicted octanol–water partition coefficient (Wildman–Crippen LogP) is 3.18. The van der Waals surface area contributed by atoms with Crippen molar-refractivity contribution < 1.29 is 14.3 Å². The maximum atomic E-state index is 13.1. The minimum absolute atomic E-state index is 0.0786. The first kappa shape index (κ1) is 21.7. The predicted molar refractivity (Wildman–Crippen MR) is 115 cm³/mol. The van der Waals surface area contributed by atoms with Crippen LogP contribution in [-0.2, 0) is 16.0 Å². The van der Waals surface area contributed by atoms with Crippen LogP contribution in [0.25, 0.3) is 0 Å². The van der Waals surface area contributed by atoms with E-state index < -0.39 is 5.41 Å². The maximum Gasteiger partial charge on any atom is 0.313 e. The molecule has 0 radical (unpaired) electrons. The van der Waals surface area contributed by atoms with Crippen LogP contribution in [0.2, 0.25) is 0 Å². The first-order valence-corrected chi connectivity index (χ1v) is 10.5. The molecule has 1 aliphatic heterocycles. The Kier molecular flexibility index (Phi) is 7.03. The first-order valence-electron chi connectivity index (χ1n) is 10.5. The number of aryl methyl sites for hydroxylation is 2. The molecule has 1 aromatic heterocycles. The lowest BCUT2D eigenvalue weighted by molar-refractivity contribution is -0.159. The van der Waals surface area contributed by atoms with Crippen molar-refractivity contribution in [3.8, 4) is 0 Å². The standard InChI is InChI=1S/C23H30N4O3/c1-3-30-21(29)23(12-7-11-18-9-5-4-6-10-18)13-8-14-27(16-23)20(28)19-15-17(2)25-22(24)26-19/h4-6,9-10,15H,3,7-8,11-14,16H2,1-2H3,(H2,24,25,26)/t23-/m0/s1. The number of nitrogens with zero attached hydrogens (tertiary/aromatic N) is 3. The number of carbonyl (C=O) groups is 2. The van der Waals surface area contributed by atoms with Gasteiger partial charge in [-0.25, -0.2) is 9.97 Å². The number of nitrogen functional groups attached to an aromatic ring is 1. The van der Waals surface area contributed by atoms with Crippen LogP contribution in [-0.4, -0.2) is 46.4 Å². The van der Waals surface area contributed by atoms with Crippen molar-refractivity contribution in [2.24, 2.45) is 5.41 Å². The zero-order chi connectivity index (χ0) is 21.6. The number of anilines is 1. The second-order valence-corrected chi connectivity index (χ2v) is 7.92. The lowest BCUT2D eigenvalue weighted by atomic mass is 9.75. The fourth-order valence-electron chi connectivity index (χ4n) is 4.20. The van der Waals surface area contributed by atoms with Gasteiger partial charge in [0.2, 0.25) is 5.95 Å². The van der Waals surface area contributed by atoms with Gasteiger partial charge in [0, 0.05) is 18.8 Å². The molecule has 1 atom stereocenters. The van der Waals surface area contributed by atoms with E-state index in [1.807, 2.05) is 25.1 Å². The van der Waals surface area contributed by atoms with E-state index in [0.29, 0.717) is 31.8 Å². The maximum absolute atomic E-state index is 13.1. The van der Waals surface area contributed by atoms with Gasteiger partial charge in [-0.2, -0.15) is 0 Å². The number of likely N-dealkylation sites (tertiary alicyclic amines) is 1. The van der Waals surface area contributed by atoms with Gasteiger partial charge in [0.1, 0.15) is 5.69 Å².